The highest BCUT2D eigenvalue weighted by atomic mass is 19.1. The summed E-state index contributed by atoms with van der Waals surface area (Å²) in [5, 5.41) is 10.5. The Bertz CT molecular complexity index is 473. The Balaban J connectivity index is 2.59. The number of carbonyl (C=O) groups is 1. The molecule has 1 aromatic rings. The summed E-state index contributed by atoms with van der Waals surface area (Å²) < 4.78 is 13.2. The molecule has 0 N–H and O–H groups in total. The Hall–Kier alpha value is -1.98. The molecule has 1 heterocycles. The first-order chi connectivity index (χ1) is 7.00. The van der Waals surface area contributed by atoms with Gasteiger partial charge in [0.05, 0.1) is 17.0 Å². The lowest BCUT2D eigenvalue weighted by Gasteiger charge is -2.09. The van der Waals surface area contributed by atoms with E-state index in [0.717, 1.165) is 12.1 Å². The van der Waals surface area contributed by atoms with E-state index in [9.17, 15) is 19.3 Å². The summed E-state index contributed by atoms with van der Waals surface area (Å²) in [6.07, 6.45) is 0.0902. The van der Waals surface area contributed by atoms with Crippen LogP contribution in [0.25, 0.3) is 0 Å². The van der Waals surface area contributed by atoms with Crippen molar-refractivity contribution in [1.29, 1.82) is 0 Å². The van der Waals surface area contributed by atoms with Crippen LogP contribution in [-0.2, 0) is 11.2 Å². The van der Waals surface area contributed by atoms with Crippen LogP contribution in [0.4, 0.5) is 15.8 Å². The normalized spacial score (nSPS) is 14.3. The largest absolute Gasteiger partial charge is 0.315 e. The van der Waals surface area contributed by atoms with Crippen LogP contribution in [0.3, 0.4) is 0 Å². The molecule has 1 aliphatic heterocycles. The molecule has 2 rings (SSSR count). The first-order valence-corrected chi connectivity index (χ1v) is 4.24. The van der Waals surface area contributed by atoms with Crippen LogP contribution >= 0.6 is 0 Å². The van der Waals surface area contributed by atoms with E-state index in [1.165, 1.54) is 11.9 Å². The number of hydrogen-bond donors (Lipinski definition) is 0. The molecule has 0 saturated heterocycles. The number of carbonyl (C=O) groups excluding carboxylic acids is 1. The minimum absolute atomic E-state index is 0.0902. The van der Waals surface area contributed by atoms with Gasteiger partial charge < -0.3 is 4.90 Å². The molecule has 1 aromatic carbocycles. The molecular weight excluding hydrogens is 203 g/mol. The zero-order chi connectivity index (χ0) is 11.2. The lowest BCUT2D eigenvalue weighted by Crippen LogP contribution is -2.20. The van der Waals surface area contributed by atoms with Gasteiger partial charge >= 0.3 is 5.69 Å². The molecule has 15 heavy (non-hydrogen) atoms. The van der Waals surface area contributed by atoms with Crippen molar-refractivity contribution < 1.29 is 14.1 Å². The molecule has 0 unspecified atom stereocenters. The zero-order valence-electron chi connectivity index (χ0n) is 7.86. The Labute approximate surface area is 84.3 Å². The minimum atomic E-state index is -0.916. The molecule has 78 valence electrons. The number of nitrogens with zero attached hydrogens (tertiary/aromatic N) is 2. The highest BCUT2D eigenvalue weighted by Gasteiger charge is 2.28. The fourth-order valence-corrected chi connectivity index (χ4v) is 1.60. The average Bonchev–Trinajstić information content (AvgIpc) is 2.43. The number of hydrogen-bond acceptors (Lipinski definition) is 3. The number of halogens is 1. The number of nitro benzene ring substituents is 1. The van der Waals surface area contributed by atoms with Gasteiger partial charge in [0.25, 0.3) is 0 Å². The molecule has 1 aliphatic rings. The van der Waals surface area contributed by atoms with Crippen LogP contribution < -0.4 is 4.90 Å². The van der Waals surface area contributed by atoms with Crippen molar-refractivity contribution in [2.75, 3.05) is 11.9 Å². The molecule has 0 radical (unpaired) electrons. The third-order valence-electron chi connectivity index (χ3n) is 2.42. The second kappa shape index (κ2) is 3.01. The number of anilines is 1. The van der Waals surface area contributed by atoms with Gasteiger partial charge in [-0.25, -0.2) is 0 Å². The highest BCUT2D eigenvalue weighted by molar-refractivity contribution is 6.01. The molecular formula is C9H7FN2O3. The fourth-order valence-electron chi connectivity index (χ4n) is 1.60. The van der Waals surface area contributed by atoms with Gasteiger partial charge in [-0.3, -0.25) is 14.9 Å². The van der Waals surface area contributed by atoms with Crippen LogP contribution in [-0.4, -0.2) is 17.9 Å². The standard InChI is InChI=1S/C9H7FN2O3/c1-11-7-4-6(10)8(12(14)15)2-5(7)3-9(11)13/h2,4H,3H2,1H3. The lowest BCUT2D eigenvalue weighted by atomic mass is 10.1. The second-order valence-corrected chi connectivity index (χ2v) is 3.32. The van der Waals surface area contributed by atoms with Crippen LogP contribution in [0.5, 0.6) is 0 Å². The van der Waals surface area contributed by atoms with Crippen LogP contribution in [0.1, 0.15) is 5.56 Å². The van der Waals surface area contributed by atoms with Crippen LogP contribution in [0.15, 0.2) is 12.1 Å². The van der Waals surface area contributed by atoms with Gasteiger partial charge in [-0.15, -0.1) is 0 Å². The molecule has 0 spiro atoms. The summed E-state index contributed by atoms with van der Waals surface area (Å²) in [5.74, 6) is -1.11. The van der Waals surface area contributed by atoms with E-state index < -0.39 is 16.4 Å². The van der Waals surface area contributed by atoms with Crippen LogP contribution in [0, 0.1) is 15.9 Å². The smallest absolute Gasteiger partial charge is 0.305 e. The van der Waals surface area contributed by atoms with Gasteiger partial charge in [-0.1, -0.05) is 0 Å². The second-order valence-electron chi connectivity index (χ2n) is 3.32. The maximum atomic E-state index is 13.2. The van der Waals surface area contributed by atoms with E-state index in [2.05, 4.69) is 0 Å². The molecule has 0 saturated carbocycles. The minimum Gasteiger partial charge on any atom is -0.315 e. The SMILES string of the molecule is CN1C(=O)Cc2cc([N+](=O)[O-])c(F)cc21. The summed E-state index contributed by atoms with van der Waals surface area (Å²) in [6.45, 7) is 0. The van der Waals surface area contributed by atoms with Crippen molar-refractivity contribution >= 4 is 17.3 Å². The maximum Gasteiger partial charge on any atom is 0.305 e. The van der Waals surface area contributed by atoms with E-state index in [1.54, 1.807) is 0 Å². The Morgan fingerprint density at radius 2 is 2.20 bits per heavy atom. The maximum absolute atomic E-state index is 13.2. The first-order valence-electron chi connectivity index (χ1n) is 4.24. The number of nitro groups is 1. The monoisotopic (exact) mass is 210 g/mol. The number of benzene rings is 1. The number of fused-ring (bicyclic) bond motifs is 1. The summed E-state index contributed by atoms with van der Waals surface area (Å²) in [4.78, 5) is 22.2. The molecule has 6 heteroatoms. The summed E-state index contributed by atoms with van der Waals surface area (Å²) in [5.41, 5.74) is 0.315. The molecule has 0 aromatic heterocycles. The third kappa shape index (κ3) is 1.34. The summed E-state index contributed by atoms with van der Waals surface area (Å²) in [6, 6.07) is 2.14. The molecule has 0 bridgehead atoms. The van der Waals surface area contributed by atoms with E-state index in [0.29, 0.717) is 11.3 Å². The van der Waals surface area contributed by atoms with E-state index in [1.807, 2.05) is 0 Å². The highest BCUT2D eigenvalue weighted by Crippen LogP contribution is 2.32. The van der Waals surface area contributed by atoms with E-state index >= 15 is 0 Å². The topological polar surface area (TPSA) is 63.5 Å². The van der Waals surface area contributed by atoms with Crippen molar-refractivity contribution in [3.63, 3.8) is 0 Å². The Kier molecular flexibility index (Phi) is 1.92. The quantitative estimate of drug-likeness (QED) is 0.517. The molecule has 0 aliphatic carbocycles. The van der Waals surface area contributed by atoms with Gasteiger partial charge in [0.1, 0.15) is 0 Å². The molecule has 0 fully saturated rings. The van der Waals surface area contributed by atoms with Gasteiger partial charge in [0, 0.05) is 19.2 Å². The van der Waals surface area contributed by atoms with E-state index in [4.69, 9.17) is 0 Å². The van der Waals surface area contributed by atoms with Crippen molar-refractivity contribution in [3.8, 4) is 0 Å². The average molecular weight is 210 g/mol. The van der Waals surface area contributed by atoms with Gasteiger partial charge in [0.15, 0.2) is 0 Å². The van der Waals surface area contributed by atoms with Crippen molar-refractivity contribution in [3.05, 3.63) is 33.6 Å². The van der Waals surface area contributed by atoms with E-state index in [-0.39, 0.29) is 12.3 Å². The lowest BCUT2D eigenvalue weighted by molar-refractivity contribution is -0.387. The first kappa shape index (κ1) is 9.57. The fraction of sp³-hybridized carbons (Fsp3) is 0.222. The van der Waals surface area contributed by atoms with Crippen molar-refractivity contribution in [2.45, 2.75) is 6.42 Å². The summed E-state index contributed by atoms with van der Waals surface area (Å²) >= 11 is 0. The predicted molar refractivity (Wildman–Crippen MR) is 50.2 cm³/mol. The van der Waals surface area contributed by atoms with Gasteiger partial charge in [-0.2, -0.15) is 4.39 Å². The molecule has 1 amide bonds. The zero-order valence-corrected chi connectivity index (χ0v) is 7.86. The van der Waals surface area contributed by atoms with Gasteiger partial charge in [-0.05, 0) is 5.56 Å². The third-order valence-corrected chi connectivity index (χ3v) is 2.42. The van der Waals surface area contributed by atoms with Crippen LogP contribution in [0.2, 0.25) is 0 Å². The molecule has 5 nitrogen and oxygen atoms in total. The number of rotatable bonds is 1. The predicted octanol–water partition coefficient (Wildman–Crippen LogP) is 1.25. The van der Waals surface area contributed by atoms with Gasteiger partial charge in [0.2, 0.25) is 11.7 Å². The van der Waals surface area contributed by atoms with Crippen molar-refractivity contribution in [2.24, 2.45) is 0 Å². The molecule has 0 atom stereocenters. The van der Waals surface area contributed by atoms with Crippen molar-refractivity contribution in [1.82, 2.24) is 0 Å². The number of amides is 1. The Morgan fingerprint density at radius 1 is 1.53 bits per heavy atom. The summed E-state index contributed by atoms with van der Waals surface area (Å²) in [7, 11) is 1.51. The number of likely N-dealkylation sites (N-methyl/N-ethyl adjacent to an activating group) is 1. The Morgan fingerprint density at radius 3 is 2.80 bits per heavy atom.